The lowest BCUT2D eigenvalue weighted by molar-refractivity contribution is 0.102. The Kier molecular flexibility index (Phi) is 7.14. The number of amides is 1. The number of nitrogens with zero attached hydrogens (tertiary/aromatic N) is 2. The lowest BCUT2D eigenvalue weighted by Gasteiger charge is -2.20. The highest BCUT2D eigenvalue weighted by atomic mass is 32.2. The number of furan rings is 1. The van der Waals surface area contributed by atoms with Gasteiger partial charge in [-0.3, -0.25) is 4.79 Å². The van der Waals surface area contributed by atoms with Crippen LogP contribution in [0.1, 0.15) is 36.1 Å². The van der Waals surface area contributed by atoms with Crippen molar-refractivity contribution in [1.82, 2.24) is 9.29 Å². The van der Waals surface area contributed by atoms with Crippen molar-refractivity contribution in [2.75, 3.05) is 25.0 Å². The molecule has 0 aliphatic carbocycles. The van der Waals surface area contributed by atoms with Crippen LogP contribution in [0.2, 0.25) is 0 Å². The zero-order valence-electron chi connectivity index (χ0n) is 17.8. The quantitative estimate of drug-likeness (QED) is 0.505. The largest absolute Gasteiger partial charge is 0.492 e. The first kappa shape index (κ1) is 23.0. The van der Waals surface area contributed by atoms with E-state index in [4.69, 9.17) is 9.15 Å². The van der Waals surface area contributed by atoms with Gasteiger partial charge in [0.05, 0.1) is 23.5 Å². The number of sulfonamides is 1. The van der Waals surface area contributed by atoms with Crippen LogP contribution >= 0.6 is 11.3 Å². The van der Waals surface area contributed by atoms with Gasteiger partial charge in [-0.2, -0.15) is 4.31 Å². The molecule has 166 valence electrons. The molecule has 2 aromatic heterocycles. The van der Waals surface area contributed by atoms with Gasteiger partial charge in [-0.05, 0) is 44.2 Å². The molecule has 3 aromatic rings. The highest BCUT2D eigenvalue weighted by Crippen LogP contribution is 2.32. The van der Waals surface area contributed by atoms with Crippen molar-refractivity contribution < 1.29 is 22.4 Å². The third-order valence-corrected chi connectivity index (χ3v) is 7.62. The Morgan fingerprint density at radius 3 is 2.58 bits per heavy atom. The average Bonchev–Trinajstić information content (AvgIpc) is 3.39. The highest BCUT2D eigenvalue weighted by Gasteiger charge is 2.24. The molecule has 0 atom stereocenters. The molecule has 10 heteroatoms. The van der Waals surface area contributed by atoms with E-state index < -0.39 is 15.9 Å². The van der Waals surface area contributed by atoms with Crippen molar-refractivity contribution in [3.8, 4) is 16.5 Å². The normalized spacial score (nSPS) is 11.6. The number of thiazole rings is 1. The molecule has 0 saturated carbocycles. The lowest BCUT2D eigenvalue weighted by atomic mass is 10.2. The zero-order chi connectivity index (χ0) is 22.6. The van der Waals surface area contributed by atoms with Gasteiger partial charge in [-0.25, -0.2) is 13.4 Å². The van der Waals surface area contributed by atoms with Crippen LogP contribution < -0.4 is 10.1 Å². The van der Waals surface area contributed by atoms with Gasteiger partial charge >= 0.3 is 0 Å². The molecule has 1 amide bonds. The highest BCUT2D eigenvalue weighted by molar-refractivity contribution is 7.89. The predicted octanol–water partition coefficient (Wildman–Crippen LogP) is 4.39. The minimum atomic E-state index is -3.69. The molecule has 31 heavy (non-hydrogen) atoms. The van der Waals surface area contributed by atoms with E-state index in [-0.39, 0.29) is 16.3 Å². The van der Waals surface area contributed by atoms with Gasteiger partial charge in [0, 0.05) is 18.0 Å². The van der Waals surface area contributed by atoms with Crippen LogP contribution in [-0.4, -0.2) is 43.3 Å². The molecular weight excluding hydrogens is 438 g/mol. The minimum absolute atomic E-state index is 0.0845. The molecule has 8 nitrogen and oxygen atoms in total. The fourth-order valence-corrected chi connectivity index (χ4v) is 5.42. The Hall–Kier alpha value is -2.69. The molecular formula is C21H25N3O5S2. The van der Waals surface area contributed by atoms with Crippen molar-refractivity contribution in [2.45, 2.75) is 32.6 Å². The molecule has 0 aliphatic rings. The second-order valence-corrected chi connectivity index (χ2v) is 9.68. The molecule has 0 aliphatic heterocycles. The third-order valence-electron chi connectivity index (χ3n) is 4.59. The zero-order valence-corrected chi connectivity index (χ0v) is 19.5. The summed E-state index contributed by atoms with van der Waals surface area (Å²) in [5.41, 5.74) is 0.517. The number of aryl methyl sites for hydroxylation is 1. The second kappa shape index (κ2) is 9.63. The van der Waals surface area contributed by atoms with Gasteiger partial charge in [0.2, 0.25) is 10.0 Å². The van der Waals surface area contributed by atoms with Crippen molar-refractivity contribution in [3.05, 3.63) is 47.2 Å². The predicted molar refractivity (Wildman–Crippen MR) is 120 cm³/mol. The summed E-state index contributed by atoms with van der Waals surface area (Å²) < 4.78 is 38.1. The van der Waals surface area contributed by atoms with Gasteiger partial charge in [-0.1, -0.05) is 13.8 Å². The fraction of sp³-hybridized carbons (Fsp3) is 0.333. The van der Waals surface area contributed by atoms with E-state index in [0.29, 0.717) is 41.1 Å². The van der Waals surface area contributed by atoms with E-state index in [0.717, 1.165) is 0 Å². The molecule has 0 saturated heterocycles. The van der Waals surface area contributed by atoms with Crippen molar-refractivity contribution in [1.29, 1.82) is 0 Å². The van der Waals surface area contributed by atoms with E-state index in [2.05, 4.69) is 10.3 Å². The van der Waals surface area contributed by atoms with Crippen LogP contribution in [0.5, 0.6) is 5.75 Å². The average molecular weight is 464 g/mol. The number of benzene rings is 1. The van der Waals surface area contributed by atoms with Crippen molar-refractivity contribution >= 4 is 33.0 Å². The lowest BCUT2D eigenvalue weighted by Crippen LogP contribution is -2.30. The Morgan fingerprint density at radius 1 is 1.23 bits per heavy atom. The summed E-state index contributed by atoms with van der Waals surface area (Å²) in [6, 6.07) is 7.98. The molecule has 1 aromatic carbocycles. The first-order valence-corrected chi connectivity index (χ1v) is 12.2. The topological polar surface area (TPSA) is 102 Å². The SMILES string of the molecule is CCOc1ccc(S(=O)(=O)N(CC)CC)cc1NC(=O)c1nc(-c2ccco2)sc1C. The van der Waals surface area contributed by atoms with Gasteiger partial charge < -0.3 is 14.5 Å². The summed E-state index contributed by atoms with van der Waals surface area (Å²) in [4.78, 5) is 18.2. The maximum atomic E-state index is 13.0. The van der Waals surface area contributed by atoms with Gasteiger partial charge in [0.15, 0.2) is 10.8 Å². The second-order valence-electron chi connectivity index (χ2n) is 6.54. The summed E-state index contributed by atoms with van der Waals surface area (Å²) >= 11 is 1.34. The van der Waals surface area contributed by atoms with E-state index >= 15 is 0 Å². The molecule has 1 N–H and O–H groups in total. The summed E-state index contributed by atoms with van der Waals surface area (Å²) in [5, 5.41) is 3.36. The first-order valence-electron chi connectivity index (χ1n) is 9.91. The van der Waals surface area contributed by atoms with Gasteiger partial charge in [-0.15, -0.1) is 11.3 Å². The Balaban J connectivity index is 1.95. The van der Waals surface area contributed by atoms with Crippen LogP contribution in [0.15, 0.2) is 45.9 Å². The van der Waals surface area contributed by atoms with E-state index in [1.807, 2.05) is 6.92 Å². The minimum Gasteiger partial charge on any atom is -0.492 e. The Labute approximate surface area is 185 Å². The smallest absolute Gasteiger partial charge is 0.275 e. The number of carbonyl (C=O) groups excluding carboxylic acids is 1. The number of ether oxygens (including phenoxy) is 1. The molecule has 0 spiro atoms. The van der Waals surface area contributed by atoms with E-state index in [1.165, 1.54) is 27.8 Å². The van der Waals surface area contributed by atoms with Crippen LogP contribution in [-0.2, 0) is 10.0 Å². The first-order chi connectivity index (χ1) is 14.8. The monoisotopic (exact) mass is 463 g/mol. The van der Waals surface area contributed by atoms with Gasteiger partial charge in [0.25, 0.3) is 5.91 Å². The fourth-order valence-electron chi connectivity index (χ4n) is 3.06. The number of hydrogen-bond acceptors (Lipinski definition) is 7. The number of nitrogens with one attached hydrogen (secondary N) is 1. The molecule has 0 unspecified atom stereocenters. The molecule has 0 radical (unpaired) electrons. The summed E-state index contributed by atoms with van der Waals surface area (Å²) in [6.45, 7) is 8.22. The molecule has 3 rings (SSSR count). The summed E-state index contributed by atoms with van der Waals surface area (Å²) in [7, 11) is -3.69. The number of carbonyl (C=O) groups is 1. The number of anilines is 1. The maximum absolute atomic E-state index is 13.0. The van der Waals surface area contributed by atoms with Crippen LogP contribution in [0, 0.1) is 6.92 Å². The molecule has 0 fully saturated rings. The van der Waals surface area contributed by atoms with Crippen LogP contribution in [0.25, 0.3) is 10.8 Å². The van der Waals surface area contributed by atoms with E-state index in [9.17, 15) is 13.2 Å². The number of hydrogen-bond donors (Lipinski definition) is 1. The van der Waals surface area contributed by atoms with Gasteiger partial charge in [0.1, 0.15) is 11.4 Å². The summed E-state index contributed by atoms with van der Waals surface area (Å²) in [6.07, 6.45) is 1.54. The Morgan fingerprint density at radius 2 is 1.97 bits per heavy atom. The molecule has 2 heterocycles. The molecule has 0 bridgehead atoms. The van der Waals surface area contributed by atoms with E-state index in [1.54, 1.807) is 45.2 Å². The number of rotatable bonds is 9. The van der Waals surface area contributed by atoms with Crippen molar-refractivity contribution in [3.63, 3.8) is 0 Å². The van der Waals surface area contributed by atoms with Crippen LogP contribution in [0.4, 0.5) is 5.69 Å². The maximum Gasteiger partial charge on any atom is 0.275 e. The number of aromatic nitrogens is 1. The van der Waals surface area contributed by atoms with Crippen molar-refractivity contribution in [2.24, 2.45) is 0 Å². The standard InChI is InChI=1S/C21H25N3O5S2/c1-5-24(6-2)31(26,27)15-10-11-17(28-7-3)16(13-15)22-20(25)19-14(4)30-21(23-19)18-9-8-12-29-18/h8-13H,5-7H2,1-4H3,(H,22,25). The summed E-state index contributed by atoms with van der Waals surface area (Å²) in [5.74, 6) is 0.507. The van der Waals surface area contributed by atoms with Crippen LogP contribution in [0.3, 0.4) is 0 Å². The Bertz CT molecular complexity index is 1150. The third kappa shape index (κ3) is 4.81.